The quantitative estimate of drug-likeness (QED) is 0.657. The average molecular weight is 291 g/mol. The molecule has 3 N–H and O–H groups in total. The van der Waals surface area contributed by atoms with Crippen molar-refractivity contribution in [1.82, 2.24) is 10.4 Å². The van der Waals surface area contributed by atoms with Crippen molar-refractivity contribution >= 4 is 11.3 Å². The van der Waals surface area contributed by atoms with Gasteiger partial charge in [-0.3, -0.25) is 11.3 Å². The van der Waals surface area contributed by atoms with Gasteiger partial charge in [0.05, 0.1) is 23.9 Å². The molecule has 0 bridgehead atoms. The molecule has 2 rings (SSSR count). The molecule has 1 aromatic carbocycles. The second-order valence-electron chi connectivity index (χ2n) is 4.98. The summed E-state index contributed by atoms with van der Waals surface area (Å²) in [6.45, 7) is 6.16. The molecule has 0 fully saturated rings. The van der Waals surface area contributed by atoms with E-state index in [2.05, 4.69) is 35.7 Å². The summed E-state index contributed by atoms with van der Waals surface area (Å²) in [6.07, 6.45) is 0.751. The maximum Gasteiger partial charge on any atom is 0.124 e. The molecule has 0 radical (unpaired) electrons. The Kier molecular flexibility index (Phi) is 4.75. The highest BCUT2D eigenvalue weighted by Gasteiger charge is 2.19. The van der Waals surface area contributed by atoms with E-state index in [1.807, 2.05) is 13.0 Å². The van der Waals surface area contributed by atoms with Crippen molar-refractivity contribution in [2.24, 2.45) is 5.84 Å². The molecule has 2 aromatic rings. The van der Waals surface area contributed by atoms with Crippen molar-refractivity contribution in [3.05, 3.63) is 44.9 Å². The number of hydrazine groups is 1. The van der Waals surface area contributed by atoms with E-state index in [-0.39, 0.29) is 6.04 Å². The summed E-state index contributed by atoms with van der Waals surface area (Å²) in [6, 6.07) is 4.18. The van der Waals surface area contributed by atoms with Gasteiger partial charge in [-0.05, 0) is 38.0 Å². The number of aromatic nitrogens is 1. The Morgan fingerprint density at radius 2 is 2.10 bits per heavy atom. The number of nitrogens with one attached hydrogen (secondary N) is 1. The molecular formula is C15H21N3OS. The van der Waals surface area contributed by atoms with Gasteiger partial charge in [0.2, 0.25) is 0 Å². The summed E-state index contributed by atoms with van der Waals surface area (Å²) in [5.74, 6) is 6.63. The van der Waals surface area contributed by atoms with E-state index in [4.69, 9.17) is 10.6 Å². The third-order valence-corrected chi connectivity index (χ3v) is 4.16. The van der Waals surface area contributed by atoms with Crippen LogP contribution in [0.1, 0.15) is 33.4 Å². The van der Waals surface area contributed by atoms with Crippen LogP contribution in [0.15, 0.2) is 17.5 Å². The molecule has 0 aliphatic rings. The Hall–Kier alpha value is -1.43. The van der Waals surface area contributed by atoms with E-state index in [1.165, 1.54) is 11.1 Å². The molecule has 1 aromatic heterocycles. The van der Waals surface area contributed by atoms with Gasteiger partial charge in [-0.15, -0.1) is 11.3 Å². The summed E-state index contributed by atoms with van der Waals surface area (Å²) in [5, 5.41) is 3.15. The lowest BCUT2D eigenvalue weighted by atomic mass is 9.95. The van der Waals surface area contributed by atoms with Crippen LogP contribution in [0.5, 0.6) is 5.75 Å². The van der Waals surface area contributed by atoms with Crippen LogP contribution in [-0.4, -0.2) is 12.1 Å². The van der Waals surface area contributed by atoms with Gasteiger partial charge >= 0.3 is 0 Å². The minimum atomic E-state index is -0.00736. The summed E-state index contributed by atoms with van der Waals surface area (Å²) in [7, 11) is 1.69. The minimum Gasteiger partial charge on any atom is -0.496 e. The predicted molar refractivity (Wildman–Crippen MR) is 83.1 cm³/mol. The molecule has 0 spiro atoms. The van der Waals surface area contributed by atoms with Crippen molar-refractivity contribution in [2.75, 3.05) is 7.11 Å². The number of rotatable bonds is 5. The van der Waals surface area contributed by atoms with Crippen molar-refractivity contribution in [2.45, 2.75) is 33.2 Å². The highest BCUT2D eigenvalue weighted by atomic mass is 32.1. The van der Waals surface area contributed by atoms with E-state index in [1.54, 1.807) is 18.4 Å². The zero-order valence-electron chi connectivity index (χ0n) is 12.4. The fourth-order valence-electron chi connectivity index (χ4n) is 2.51. The lowest BCUT2D eigenvalue weighted by Crippen LogP contribution is -2.30. The molecule has 5 heteroatoms. The third-order valence-electron chi connectivity index (χ3n) is 3.34. The third kappa shape index (κ3) is 3.17. The second-order valence-corrected chi connectivity index (χ2v) is 6.04. The molecule has 0 saturated carbocycles. The smallest absolute Gasteiger partial charge is 0.124 e. The zero-order valence-corrected chi connectivity index (χ0v) is 13.2. The van der Waals surface area contributed by atoms with E-state index >= 15 is 0 Å². The topological polar surface area (TPSA) is 60.2 Å². The molecule has 0 aliphatic heterocycles. The largest absolute Gasteiger partial charge is 0.496 e. The second kappa shape index (κ2) is 6.35. The number of thiazole rings is 1. The molecule has 0 saturated heterocycles. The van der Waals surface area contributed by atoms with E-state index < -0.39 is 0 Å². The van der Waals surface area contributed by atoms with Crippen LogP contribution in [0.4, 0.5) is 0 Å². The van der Waals surface area contributed by atoms with Gasteiger partial charge in [0, 0.05) is 17.4 Å². The standard InChI is InChI=1S/C15H21N3OS/c1-9-5-10(2)15(14(6-9)19-4)13(18-16)7-12-8-20-11(3)17-12/h5-6,8,13,18H,7,16H2,1-4H3. The highest BCUT2D eigenvalue weighted by molar-refractivity contribution is 7.09. The first-order valence-corrected chi connectivity index (χ1v) is 7.45. The summed E-state index contributed by atoms with van der Waals surface area (Å²) >= 11 is 1.66. The minimum absolute atomic E-state index is 0.00736. The molecule has 20 heavy (non-hydrogen) atoms. The fourth-order valence-corrected chi connectivity index (χ4v) is 3.14. The monoisotopic (exact) mass is 291 g/mol. The number of hydrogen-bond acceptors (Lipinski definition) is 5. The van der Waals surface area contributed by atoms with Crippen molar-refractivity contribution in [3.63, 3.8) is 0 Å². The van der Waals surface area contributed by atoms with Gasteiger partial charge in [-0.2, -0.15) is 0 Å². The zero-order chi connectivity index (χ0) is 14.7. The maximum atomic E-state index is 5.76. The van der Waals surface area contributed by atoms with Crippen molar-refractivity contribution in [3.8, 4) is 5.75 Å². The molecule has 108 valence electrons. The van der Waals surface area contributed by atoms with Crippen molar-refractivity contribution in [1.29, 1.82) is 0 Å². The lowest BCUT2D eigenvalue weighted by molar-refractivity contribution is 0.397. The molecule has 1 atom stereocenters. The summed E-state index contributed by atoms with van der Waals surface area (Å²) in [4.78, 5) is 4.51. The van der Waals surface area contributed by atoms with Gasteiger partial charge < -0.3 is 4.74 Å². The number of nitrogens with two attached hydrogens (primary N) is 1. The van der Waals surface area contributed by atoms with Gasteiger partial charge in [0.1, 0.15) is 5.75 Å². The number of aryl methyl sites for hydroxylation is 3. The van der Waals surface area contributed by atoms with Gasteiger partial charge in [-0.25, -0.2) is 4.98 Å². The summed E-state index contributed by atoms with van der Waals surface area (Å²) < 4.78 is 5.52. The molecule has 1 heterocycles. The van der Waals surface area contributed by atoms with Crippen LogP contribution in [-0.2, 0) is 6.42 Å². The van der Waals surface area contributed by atoms with Gasteiger partial charge in [-0.1, -0.05) is 6.07 Å². The maximum absolute atomic E-state index is 5.76. The van der Waals surface area contributed by atoms with E-state index in [9.17, 15) is 0 Å². The Balaban J connectivity index is 2.36. The normalized spacial score (nSPS) is 12.4. The van der Waals surface area contributed by atoms with Gasteiger partial charge in [0.25, 0.3) is 0 Å². The Labute approximate surface area is 124 Å². The molecule has 0 amide bonds. The predicted octanol–water partition coefficient (Wildman–Crippen LogP) is 2.82. The molecule has 0 aliphatic carbocycles. The summed E-state index contributed by atoms with van der Waals surface area (Å²) in [5.41, 5.74) is 7.41. The number of ether oxygens (including phenoxy) is 1. The van der Waals surface area contributed by atoms with E-state index in [0.717, 1.165) is 28.4 Å². The molecular weight excluding hydrogens is 270 g/mol. The number of hydrogen-bond donors (Lipinski definition) is 2. The van der Waals surface area contributed by atoms with Gasteiger partial charge in [0.15, 0.2) is 0 Å². The lowest BCUT2D eigenvalue weighted by Gasteiger charge is -2.21. The first-order chi connectivity index (χ1) is 9.55. The first kappa shape index (κ1) is 15.0. The number of benzene rings is 1. The van der Waals surface area contributed by atoms with Crippen molar-refractivity contribution < 1.29 is 4.74 Å². The van der Waals surface area contributed by atoms with E-state index in [0.29, 0.717) is 0 Å². The van der Waals surface area contributed by atoms with Crippen LogP contribution < -0.4 is 16.0 Å². The van der Waals surface area contributed by atoms with Crippen LogP contribution in [0.25, 0.3) is 0 Å². The Morgan fingerprint density at radius 3 is 2.65 bits per heavy atom. The first-order valence-electron chi connectivity index (χ1n) is 6.57. The fraction of sp³-hybridized carbons (Fsp3) is 0.400. The van der Waals surface area contributed by atoms with Crippen LogP contribution in [0.3, 0.4) is 0 Å². The Bertz CT molecular complexity index is 595. The number of methoxy groups -OCH3 is 1. The molecule has 1 unspecified atom stereocenters. The Morgan fingerprint density at radius 1 is 1.35 bits per heavy atom. The average Bonchev–Trinajstić information content (AvgIpc) is 2.81. The van der Waals surface area contributed by atoms with Crippen LogP contribution in [0.2, 0.25) is 0 Å². The molecule has 4 nitrogen and oxygen atoms in total. The van der Waals surface area contributed by atoms with Crippen LogP contribution >= 0.6 is 11.3 Å². The van der Waals surface area contributed by atoms with Crippen LogP contribution in [0, 0.1) is 20.8 Å². The highest BCUT2D eigenvalue weighted by Crippen LogP contribution is 2.31. The SMILES string of the molecule is COc1cc(C)cc(C)c1C(Cc1csc(C)n1)NN. The number of nitrogens with zero attached hydrogens (tertiary/aromatic N) is 1.